The van der Waals surface area contributed by atoms with Gasteiger partial charge in [0.2, 0.25) is 0 Å². The first-order valence-corrected chi connectivity index (χ1v) is 11.7. The summed E-state index contributed by atoms with van der Waals surface area (Å²) >= 11 is 0. The summed E-state index contributed by atoms with van der Waals surface area (Å²) in [7, 11) is 0. The molecule has 0 saturated carbocycles. The second-order valence-electron chi connectivity index (χ2n) is 8.33. The summed E-state index contributed by atoms with van der Waals surface area (Å²) in [6.45, 7) is 2.67. The third kappa shape index (κ3) is 4.72. The van der Waals surface area contributed by atoms with Crippen molar-refractivity contribution in [3.63, 3.8) is 0 Å². The molecule has 5 aromatic rings. The number of carboxylic acids is 1. The molecule has 0 saturated heterocycles. The van der Waals surface area contributed by atoms with Crippen LogP contribution >= 0.6 is 0 Å². The number of aromatic nitrogens is 7. The largest absolute Gasteiger partial charge is 0.478 e. The SMILES string of the molecule is CCCc1nc(-n2cccc2)c(/C=C/C(=O)O)n1Cc1ccc(-c2ccccc2-c2nnn[nH]2)cc1. The van der Waals surface area contributed by atoms with E-state index in [4.69, 9.17) is 4.98 Å². The van der Waals surface area contributed by atoms with Crippen LogP contribution < -0.4 is 0 Å². The van der Waals surface area contributed by atoms with Crippen molar-refractivity contribution in [1.29, 1.82) is 0 Å². The Morgan fingerprint density at radius 1 is 1.03 bits per heavy atom. The summed E-state index contributed by atoms with van der Waals surface area (Å²) in [6.07, 6.45) is 8.32. The Labute approximate surface area is 207 Å². The van der Waals surface area contributed by atoms with Gasteiger partial charge in [-0.25, -0.2) is 14.9 Å². The summed E-state index contributed by atoms with van der Waals surface area (Å²) in [5, 5.41) is 23.6. The van der Waals surface area contributed by atoms with Crippen molar-refractivity contribution in [2.24, 2.45) is 0 Å². The molecule has 9 heteroatoms. The zero-order valence-corrected chi connectivity index (χ0v) is 19.7. The maximum atomic E-state index is 11.3. The lowest BCUT2D eigenvalue weighted by Gasteiger charge is -2.12. The molecule has 2 N–H and O–H groups in total. The molecule has 0 fully saturated rings. The summed E-state index contributed by atoms with van der Waals surface area (Å²) in [5.41, 5.74) is 4.83. The predicted octanol–water partition coefficient (Wildman–Crippen LogP) is 4.62. The minimum Gasteiger partial charge on any atom is -0.478 e. The molecule has 0 bridgehead atoms. The average Bonchev–Trinajstić information content (AvgIpc) is 3.66. The fourth-order valence-electron chi connectivity index (χ4n) is 4.26. The highest BCUT2D eigenvalue weighted by molar-refractivity contribution is 5.85. The van der Waals surface area contributed by atoms with Crippen molar-refractivity contribution in [2.75, 3.05) is 0 Å². The molecule has 0 radical (unpaired) electrons. The van der Waals surface area contributed by atoms with Crippen LogP contribution in [0.15, 0.2) is 79.1 Å². The second kappa shape index (κ2) is 10.2. The van der Waals surface area contributed by atoms with Crippen LogP contribution in [0.5, 0.6) is 0 Å². The first-order chi connectivity index (χ1) is 17.6. The van der Waals surface area contributed by atoms with E-state index in [0.29, 0.717) is 18.2 Å². The number of aliphatic carboxylic acids is 1. The lowest BCUT2D eigenvalue weighted by molar-refractivity contribution is -0.131. The van der Waals surface area contributed by atoms with E-state index >= 15 is 0 Å². The fourth-order valence-corrected chi connectivity index (χ4v) is 4.26. The third-order valence-electron chi connectivity index (χ3n) is 5.91. The molecular formula is C27H25N7O2. The molecule has 0 aliphatic heterocycles. The average molecular weight is 480 g/mol. The summed E-state index contributed by atoms with van der Waals surface area (Å²) in [5.74, 6) is 1.25. The third-order valence-corrected chi connectivity index (χ3v) is 5.91. The Bertz CT molecular complexity index is 1480. The van der Waals surface area contributed by atoms with Gasteiger partial charge in [0.1, 0.15) is 5.82 Å². The Morgan fingerprint density at radius 2 is 1.78 bits per heavy atom. The van der Waals surface area contributed by atoms with Crippen LogP contribution in [-0.4, -0.2) is 45.8 Å². The van der Waals surface area contributed by atoms with Gasteiger partial charge in [-0.05, 0) is 51.7 Å². The van der Waals surface area contributed by atoms with Gasteiger partial charge in [0.15, 0.2) is 11.6 Å². The van der Waals surface area contributed by atoms with Crippen molar-refractivity contribution in [3.8, 4) is 28.3 Å². The molecule has 5 rings (SSSR count). The number of aromatic amines is 1. The normalized spacial score (nSPS) is 11.4. The van der Waals surface area contributed by atoms with Gasteiger partial charge in [-0.15, -0.1) is 5.10 Å². The first kappa shape index (κ1) is 23.0. The maximum Gasteiger partial charge on any atom is 0.328 e. The number of imidazole rings is 1. The number of aryl methyl sites for hydroxylation is 1. The first-order valence-electron chi connectivity index (χ1n) is 11.7. The van der Waals surface area contributed by atoms with Gasteiger partial charge in [0.05, 0.1) is 5.69 Å². The van der Waals surface area contributed by atoms with Crippen LogP contribution in [0.1, 0.15) is 30.4 Å². The van der Waals surface area contributed by atoms with Crippen LogP contribution in [0.25, 0.3) is 34.4 Å². The summed E-state index contributed by atoms with van der Waals surface area (Å²) in [4.78, 5) is 16.2. The number of tetrazole rings is 1. The minimum absolute atomic E-state index is 0.566. The number of hydrogen-bond donors (Lipinski definition) is 2. The predicted molar refractivity (Wildman–Crippen MR) is 136 cm³/mol. The van der Waals surface area contributed by atoms with Gasteiger partial charge in [-0.1, -0.05) is 55.5 Å². The highest BCUT2D eigenvalue weighted by Gasteiger charge is 2.17. The molecule has 0 amide bonds. The lowest BCUT2D eigenvalue weighted by atomic mass is 9.98. The molecule has 9 nitrogen and oxygen atoms in total. The van der Waals surface area contributed by atoms with Crippen molar-refractivity contribution in [3.05, 3.63) is 96.2 Å². The molecule has 3 aromatic heterocycles. The number of benzene rings is 2. The molecule has 3 heterocycles. The number of nitrogens with zero attached hydrogens (tertiary/aromatic N) is 6. The maximum absolute atomic E-state index is 11.3. The molecule has 0 atom stereocenters. The van der Waals surface area contributed by atoms with Gasteiger partial charge < -0.3 is 14.2 Å². The zero-order chi connectivity index (χ0) is 24.9. The van der Waals surface area contributed by atoms with E-state index in [1.165, 1.54) is 0 Å². The van der Waals surface area contributed by atoms with Crippen molar-refractivity contribution < 1.29 is 9.90 Å². The van der Waals surface area contributed by atoms with E-state index in [0.717, 1.165) is 52.7 Å². The highest BCUT2D eigenvalue weighted by Crippen LogP contribution is 2.30. The Morgan fingerprint density at radius 3 is 2.44 bits per heavy atom. The number of hydrogen-bond acceptors (Lipinski definition) is 5. The monoisotopic (exact) mass is 479 g/mol. The molecule has 0 unspecified atom stereocenters. The van der Waals surface area contributed by atoms with Gasteiger partial charge >= 0.3 is 5.97 Å². The van der Waals surface area contributed by atoms with Crippen molar-refractivity contribution >= 4 is 12.0 Å². The minimum atomic E-state index is -0.997. The molecule has 0 aliphatic carbocycles. The van der Waals surface area contributed by atoms with E-state index in [2.05, 4.69) is 56.4 Å². The van der Waals surface area contributed by atoms with Crippen LogP contribution in [0, 0.1) is 0 Å². The van der Waals surface area contributed by atoms with E-state index in [1.807, 2.05) is 53.4 Å². The Balaban J connectivity index is 1.51. The molecular weight excluding hydrogens is 454 g/mol. The van der Waals surface area contributed by atoms with Gasteiger partial charge in [0, 0.05) is 37.0 Å². The van der Waals surface area contributed by atoms with E-state index < -0.39 is 5.97 Å². The van der Waals surface area contributed by atoms with Crippen LogP contribution in [-0.2, 0) is 17.8 Å². The Kier molecular flexibility index (Phi) is 6.53. The quantitative estimate of drug-likeness (QED) is 0.298. The summed E-state index contributed by atoms with van der Waals surface area (Å²) in [6, 6.07) is 20.1. The van der Waals surface area contributed by atoms with Gasteiger partial charge in [-0.2, -0.15) is 0 Å². The molecule has 2 aromatic carbocycles. The second-order valence-corrected chi connectivity index (χ2v) is 8.33. The van der Waals surface area contributed by atoms with Crippen LogP contribution in [0.3, 0.4) is 0 Å². The van der Waals surface area contributed by atoms with E-state index in [1.54, 1.807) is 6.08 Å². The molecule has 180 valence electrons. The summed E-state index contributed by atoms with van der Waals surface area (Å²) < 4.78 is 4.01. The van der Waals surface area contributed by atoms with E-state index in [9.17, 15) is 9.90 Å². The van der Waals surface area contributed by atoms with Crippen LogP contribution in [0.4, 0.5) is 0 Å². The standard InChI is InChI=1S/C27H25N7O2/c1-2-7-24-28-27(33-16-5-6-17-33)23(14-15-25(35)36)34(24)18-19-10-12-20(13-11-19)21-8-3-4-9-22(21)26-29-31-32-30-26/h3-6,8-17H,2,7,18H2,1H3,(H,35,36)(H,29,30,31,32)/b15-14+. The smallest absolute Gasteiger partial charge is 0.328 e. The molecule has 0 spiro atoms. The topological polar surface area (TPSA) is 115 Å². The van der Waals surface area contributed by atoms with Crippen molar-refractivity contribution in [2.45, 2.75) is 26.3 Å². The van der Waals surface area contributed by atoms with Gasteiger partial charge in [-0.3, -0.25) is 0 Å². The highest BCUT2D eigenvalue weighted by atomic mass is 16.4. The number of carbonyl (C=O) groups is 1. The van der Waals surface area contributed by atoms with E-state index in [-0.39, 0.29) is 0 Å². The number of rotatable bonds is 9. The zero-order valence-electron chi connectivity index (χ0n) is 19.7. The fraction of sp³-hybridized carbons (Fsp3) is 0.148. The van der Waals surface area contributed by atoms with Crippen LogP contribution in [0.2, 0.25) is 0 Å². The molecule has 0 aliphatic rings. The Hall–Kier alpha value is -4.79. The lowest BCUT2D eigenvalue weighted by Crippen LogP contribution is -2.07. The number of nitrogens with one attached hydrogen (secondary N) is 1. The van der Waals surface area contributed by atoms with Gasteiger partial charge in [0.25, 0.3) is 0 Å². The number of carboxylic acid groups (broad SMARTS) is 1. The number of H-pyrrole nitrogens is 1. The molecule has 36 heavy (non-hydrogen) atoms. The van der Waals surface area contributed by atoms with Crippen molar-refractivity contribution in [1.82, 2.24) is 34.7 Å².